The van der Waals surface area contributed by atoms with E-state index in [9.17, 15) is 8.42 Å². The third kappa shape index (κ3) is 6.01. The highest BCUT2D eigenvalue weighted by Crippen LogP contribution is 2.20. The lowest BCUT2D eigenvalue weighted by Gasteiger charge is -2.15. The van der Waals surface area contributed by atoms with Gasteiger partial charge in [-0.15, -0.1) is 0 Å². The van der Waals surface area contributed by atoms with Gasteiger partial charge in [0, 0.05) is 20.1 Å². The van der Waals surface area contributed by atoms with Crippen molar-refractivity contribution < 1.29 is 17.3 Å². The second kappa shape index (κ2) is 7.77. The molecule has 0 saturated heterocycles. The summed E-state index contributed by atoms with van der Waals surface area (Å²) < 4.78 is 34.7. The predicted molar refractivity (Wildman–Crippen MR) is 98.3 cm³/mol. The molecule has 6 nitrogen and oxygen atoms in total. The van der Waals surface area contributed by atoms with Crippen LogP contribution in [0.15, 0.2) is 24.4 Å². The number of nitrogens with zero attached hydrogens (tertiary/aromatic N) is 2. The van der Waals surface area contributed by atoms with Crippen molar-refractivity contribution in [3.63, 3.8) is 0 Å². The number of benzene rings is 1. The number of ether oxygens (including phenoxy) is 1. The fraction of sp³-hybridized carbons (Fsp3) is 0.562. The Morgan fingerprint density at radius 2 is 1.96 bits per heavy atom. The summed E-state index contributed by atoms with van der Waals surface area (Å²) in [6.45, 7) is 8.21. The van der Waals surface area contributed by atoms with Gasteiger partial charge in [-0.1, -0.05) is 37.8 Å². The number of hydrogen-bond acceptors (Lipinski definition) is 5. The zero-order valence-electron chi connectivity index (χ0n) is 14.8. The zero-order valence-corrected chi connectivity index (χ0v) is 16.6. The Bertz CT molecular complexity index is 781. The molecule has 0 unspecified atom stereocenters. The molecule has 2 aromatic rings. The lowest BCUT2D eigenvalue weighted by atomic mass is 10.1. The van der Waals surface area contributed by atoms with Crippen LogP contribution in [-0.4, -0.2) is 45.7 Å². The van der Waals surface area contributed by atoms with Gasteiger partial charge in [-0.25, -0.2) is 4.68 Å². The Hall–Kier alpha value is -1.22. The summed E-state index contributed by atoms with van der Waals surface area (Å²) in [6, 6.07) is 7.01. The van der Waals surface area contributed by atoms with Crippen LogP contribution in [0.1, 0.15) is 5.56 Å². The van der Waals surface area contributed by atoms with Gasteiger partial charge in [-0.2, -0.15) is 13.5 Å². The lowest BCUT2D eigenvalue weighted by molar-refractivity contribution is 0.0816. The Morgan fingerprint density at radius 1 is 1.21 bits per heavy atom. The van der Waals surface area contributed by atoms with Gasteiger partial charge in [0.25, 0.3) is 10.1 Å². The normalized spacial score (nSPS) is 12.8. The maximum Gasteiger partial charge on any atom is 0.264 e. The average Bonchev–Trinajstić information content (AvgIpc) is 2.85. The Labute approximate surface area is 144 Å². The number of rotatable bonds is 9. The van der Waals surface area contributed by atoms with Gasteiger partial charge in [0.2, 0.25) is 0 Å². The highest BCUT2D eigenvalue weighted by molar-refractivity contribution is 7.85. The first-order chi connectivity index (χ1) is 11.2. The minimum absolute atomic E-state index is 0.125. The second-order valence-electron chi connectivity index (χ2n) is 7.12. The van der Waals surface area contributed by atoms with E-state index in [1.165, 1.54) is 0 Å². The van der Waals surface area contributed by atoms with Crippen LogP contribution in [0.5, 0.6) is 0 Å². The molecule has 0 radical (unpaired) electrons. The largest absolute Gasteiger partial charge is 0.360 e. The maximum atomic E-state index is 11.1. The molecule has 134 valence electrons. The van der Waals surface area contributed by atoms with E-state index in [2.05, 4.69) is 24.7 Å². The minimum Gasteiger partial charge on any atom is -0.360 e. The molecule has 1 aromatic carbocycles. The van der Waals surface area contributed by atoms with Crippen molar-refractivity contribution >= 4 is 29.1 Å². The number of hydrogen-bond donors (Lipinski definition) is 0. The Balaban J connectivity index is 2.05. The van der Waals surface area contributed by atoms with Crippen molar-refractivity contribution in [1.82, 2.24) is 9.78 Å². The van der Waals surface area contributed by atoms with E-state index in [0.717, 1.165) is 35.4 Å². The van der Waals surface area contributed by atoms with Crippen LogP contribution in [-0.2, 0) is 32.2 Å². The molecule has 0 fully saturated rings. The van der Waals surface area contributed by atoms with Gasteiger partial charge >= 0.3 is 0 Å². The average molecular weight is 371 g/mol. The molecule has 0 aliphatic carbocycles. The quantitative estimate of drug-likeness (QED) is 0.386. The first-order valence-corrected chi connectivity index (χ1v) is 13.5. The summed E-state index contributed by atoms with van der Waals surface area (Å²) >= 11 is 0. The van der Waals surface area contributed by atoms with Crippen molar-refractivity contribution in [2.24, 2.45) is 0 Å². The molecular formula is C16H26N2O4SSi. The minimum atomic E-state index is -3.42. The van der Waals surface area contributed by atoms with Gasteiger partial charge in [-0.3, -0.25) is 4.18 Å². The third-order valence-electron chi connectivity index (χ3n) is 3.62. The molecule has 0 N–H and O–H groups in total. The smallest absolute Gasteiger partial charge is 0.264 e. The van der Waals surface area contributed by atoms with Gasteiger partial charge in [-0.05, 0) is 18.0 Å². The molecule has 1 aromatic heterocycles. The van der Waals surface area contributed by atoms with Crippen LogP contribution in [0.4, 0.5) is 0 Å². The molecule has 0 aliphatic heterocycles. The topological polar surface area (TPSA) is 70.4 Å². The van der Waals surface area contributed by atoms with Crippen LogP contribution in [0, 0.1) is 0 Å². The summed E-state index contributed by atoms with van der Waals surface area (Å²) in [7, 11) is -4.53. The predicted octanol–water partition coefficient (Wildman–Crippen LogP) is 2.87. The standard InChI is InChI=1S/C16H26N2O4SSi/c1-23(19,20)22-9-8-14-6-5-7-15-12-17-18(16(14)15)13-21-10-11-24(2,3)4/h5-7,12H,8-11,13H2,1-4H3. The van der Waals surface area contributed by atoms with Crippen LogP contribution >= 0.6 is 0 Å². The fourth-order valence-corrected chi connectivity index (χ4v) is 3.49. The van der Waals surface area contributed by atoms with Crippen molar-refractivity contribution in [2.45, 2.75) is 38.8 Å². The molecule has 2 rings (SSSR count). The van der Waals surface area contributed by atoms with E-state index in [0.29, 0.717) is 13.2 Å². The third-order valence-corrected chi connectivity index (χ3v) is 5.92. The second-order valence-corrected chi connectivity index (χ2v) is 14.4. The zero-order chi connectivity index (χ0) is 17.8. The van der Waals surface area contributed by atoms with Crippen molar-refractivity contribution in [1.29, 1.82) is 0 Å². The van der Waals surface area contributed by atoms with Crippen molar-refractivity contribution in [2.75, 3.05) is 19.5 Å². The molecule has 1 heterocycles. The van der Waals surface area contributed by atoms with Gasteiger partial charge in [0.15, 0.2) is 0 Å². The SMILES string of the molecule is C[Si](C)(C)CCOCn1ncc2cccc(CCOS(C)(=O)=O)c21. The number of fused-ring (bicyclic) bond motifs is 1. The molecular weight excluding hydrogens is 344 g/mol. The molecule has 24 heavy (non-hydrogen) atoms. The molecule has 0 atom stereocenters. The number of aromatic nitrogens is 2. The molecule has 0 bridgehead atoms. The van der Waals surface area contributed by atoms with E-state index in [4.69, 9.17) is 8.92 Å². The van der Waals surface area contributed by atoms with Crippen LogP contribution < -0.4 is 0 Å². The first kappa shape index (κ1) is 19.1. The Morgan fingerprint density at radius 3 is 2.62 bits per heavy atom. The highest BCUT2D eigenvalue weighted by Gasteiger charge is 2.13. The molecule has 0 saturated carbocycles. The van der Waals surface area contributed by atoms with E-state index in [-0.39, 0.29) is 6.61 Å². The molecule has 0 spiro atoms. The van der Waals surface area contributed by atoms with E-state index in [1.807, 2.05) is 22.9 Å². The van der Waals surface area contributed by atoms with E-state index < -0.39 is 18.2 Å². The van der Waals surface area contributed by atoms with Crippen LogP contribution in [0.2, 0.25) is 25.7 Å². The summed E-state index contributed by atoms with van der Waals surface area (Å²) in [5, 5.41) is 5.41. The molecule has 0 amide bonds. The summed E-state index contributed by atoms with van der Waals surface area (Å²) in [4.78, 5) is 0. The summed E-state index contributed by atoms with van der Waals surface area (Å²) in [5.41, 5.74) is 1.98. The van der Waals surface area contributed by atoms with Crippen LogP contribution in [0.25, 0.3) is 10.9 Å². The van der Waals surface area contributed by atoms with Gasteiger partial charge in [0.1, 0.15) is 6.73 Å². The maximum absolute atomic E-state index is 11.1. The monoisotopic (exact) mass is 370 g/mol. The lowest BCUT2D eigenvalue weighted by Crippen LogP contribution is -2.22. The van der Waals surface area contributed by atoms with Crippen LogP contribution in [0.3, 0.4) is 0 Å². The highest BCUT2D eigenvalue weighted by atomic mass is 32.2. The van der Waals surface area contributed by atoms with Crippen molar-refractivity contribution in [3.05, 3.63) is 30.0 Å². The van der Waals surface area contributed by atoms with Gasteiger partial charge < -0.3 is 4.74 Å². The van der Waals surface area contributed by atoms with Crippen molar-refractivity contribution in [3.8, 4) is 0 Å². The Kier molecular flexibility index (Phi) is 6.19. The summed E-state index contributed by atoms with van der Waals surface area (Å²) in [5.74, 6) is 0. The summed E-state index contributed by atoms with van der Waals surface area (Å²) in [6.07, 6.45) is 3.37. The molecule has 0 aliphatic rings. The fourth-order valence-electron chi connectivity index (χ4n) is 2.35. The number of para-hydroxylation sites is 1. The first-order valence-electron chi connectivity index (χ1n) is 8.01. The molecule has 8 heteroatoms. The van der Waals surface area contributed by atoms with E-state index in [1.54, 1.807) is 6.20 Å². The van der Waals surface area contributed by atoms with E-state index >= 15 is 0 Å². The van der Waals surface area contributed by atoms with Gasteiger partial charge in [0.05, 0.1) is 24.6 Å².